The second-order valence-electron chi connectivity index (χ2n) is 9.31. The standard InChI is InChI=1S/C21H29N3O5.C6H13NO/c1-13(2)29-21(28)17(9-8-14(3)25)24-19(26)12-23-20(27)18-10-15-6-4-5-7-16(15)11-22-18;1-3-4-5-7-6(2)8/h4-7,13,17-18,22H,8-12H2,1-3H3,(H,23,27)(H,24,26);3-5H2,1-2H3,(H,7,8)/t17?,18-;/m0./s1. The Kier molecular flexibility index (Phi) is 14.8. The Hall–Kier alpha value is -3.27. The van der Waals surface area contributed by atoms with E-state index in [-0.39, 0.29) is 43.1 Å². The van der Waals surface area contributed by atoms with E-state index in [0.717, 1.165) is 30.5 Å². The molecule has 0 radical (unpaired) electrons. The van der Waals surface area contributed by atoms with E-state index in [4.69, 9.17) is 4.74 Å². The van der Waals surface area contributed by atoms with Crippen LogP contribution in [0.15, 0.2) is 24.3 Å². The fourth-order valence-corrected chi connectivity index (χ4v) is 3.53. The van der Waals surface area contributed by atoms with Crippen LogP contribution in [0.1, 0.15) is 71.4 Å². The van der Waals surface area contributed by atoms with Gasteiger partial charge in [0, 0.05) is 26.4 Å². The lowest BCUT2D eigenvalue weighted by molar-refractivity contribution is -0.151. The van der Waals surface area contributed by atoms with Crippen molar-refractivity contribution in [1.29, 1.82) is 0 Å². The normalized spacial score (nSPS) is 14.8. The van der Waals surface area contributed by atoms with Crippen LogP contribution in [0.25, 0.3) is 0 Å². The van der Waals surface area contributed by atoms with Crippen molar-refractivity contribution in [3.8, 4) is 0 Å². The maximum Gasteiger partial charge on any atom is 0.328 e. The van der Waals surface area contributed by atoms with Gasteiger partial charge in [0.25, 0.3) is 0 Å². The number of benzene rings is 1. The van der Waals surface area contributed by atoms with Crippen LogP contribution >= 0.6 is 0 Å². The Morgan fingerprint density at radius 3 is 2.32 bits per heavy atom. The van der Waals surface area contributed by atoms with E-state index in [2.05, 4.69) is 28.2 Å². The van der Waals surface area contributed by atoms with E-state index in [9.17, 15) is 24.0 Å². The summed E-state index contributed by atoms with van der Waals surface area (Å²) in [6.07, 6.45) is 2.74. The van der Waals surface area contributed by atoms with Crippen LogP contribution in [0.5, 0.6) is 0 Å². The van der Waals surface area contributed by atoms with Gasteiger partial charge in [0.1, 0.15) is 11.8 Å². The average Bonchev–Trinajstić information content (AvgIpc) is 2.84. The molecule has 0 spiro atoms. The van der Waals surface area contributed by atoms with Gasteiger partial charge in [-0.3, -0.25) is 14.4 Å². The van der Waals surface area contributed by atoms with Crippen LogP contribution in [0.2, 0.25) is 0 Å². The molecule has 0 saturated carbocycles. The van der Waals surface area contributed by atoms with Crippen molar-refractivity contribution in [2.75, 3.05) is 13.1 Å². The number of hydrogen-bond acceptors (Lipinski definition) is 7. The van der Waals surface area contributed by atoms with Gasteiger partial charge in [-0.2, -0.15) is 0 Å². The molecule has 1 aliphatic heterocycles. The first-order valence-electron chi connectivity index (χ1n) is 12.8. The summed E-state index contributed by atoms with van der Waals surface area (Å²) in [5.74, 6) is -1.40. The van der Waals surface area contributed by atoms with Crippen molar-refractivity contribution in [3.63, 3.8) is 0 Å². The number of fused-ring (bicyclic) bond motifs is 1. The Labute approximate surface area is 219 Å². The van der Waals surface area contributed by atoms with Crippen molar-refractivity contribution >= 4 is 29.5 Å². The molecular weight excluding hydrogens is 476 g/mol. The molecule has 2 atom stereocenters. The van der Waals surface area contributed by atoms with Gasteiger partial charge in [-0.05, 0) is 51.2 Å². The van der Waals surface area contributed by atoms with Gasteiger partial charge in [-0.25, -0.2) is 4.79 Å². The summed E-state index contributed by atoms with van der Waals surface area (Å²) in [4.78, 5) is 58.2. The summed E-state index contributed by atoms with van der Waals surface area (Å²) < 4.78 is 5.14. The molecule has 0 fully saturated rings. The van der Waals surface area contributed by atoms with Gasteiger partial charge in [0.05, 0.1) is 18.7 Å². The number of carbonyl (C=O) groups excluding carboxylic acids is 5. The fourth-order valence-electron chi connectivity index (χ4n) is 3.53. The van der Waals surface area contributed by atoms with Crippen LogP contribution in [0.4, 0.5) is 0 Å². The lowest BCUT2D eigenvalue weighted by Gasteiger charge is -2.25. The fraction of sp³-hybridized carbons (Fsp3) is 0.593. The number of esters is 1. The Morgan fingerprint density at radius 1 is 1.05 bits per heavy atom. The molecule has 0 bridgehead atoms. The summed E-state index contributed by atoms with van der Waals surface area (Å²) in [5, 5.41) is 11.0. The third kappa shape index (κ3) is 13.6. The molecule has 1 aromatic carbocycles. The second kappa shape index (κ2) is 17.2. The number of nitrogens with one attached hydrogen (secondary N) is 4. The molecule has 0 aliphatic carbocycles. The molecule has 0 aromatic heterocycles. The topological polar surface area (TPSA) is 143 Å². The number of rotatable bonds is 12. The number of ether oxygens (including phenoxy) is 1. The van der Waals surface area contributed by atoms with Crippen molar-refractivity contribution in [3.05, 3.63) is 35.4 Å². The molecule has 10 heteroatoms. The van der Waals surface area contributed by atoms with Crippen molar-refractivity contribution in [2.45, 2.75) is 91.5 Å². The zero-order valence-electron chi connectivity index (χ0n) is 22.6. The van der Waals surface area contributed by atoms with E-state index >= 15 is 0 Å². The number of amides is 3. The monoisotopic (exact) mass is 518 g/mol. The van der Waals surface area contributed by atoms with E-state index in [1.54, 1.807) is 13.8 Å². The quantitative estimate of drug-likeness (QED) is 0.243. The second-order valence-corrected chi connectivity index (χ2v) is 9.31. The minimum Gasteiger partial charge on any atom is -0.461 e. The van der Waals surface area contributed by atoms with Crippen molar-refractivity contribution in [1.82, 2.24) is 21.3 Å². The van der Waals surface area contributed by atoms with E-state index in [0.29, 0.717) is 13.0 Å². The number of unbranched alkanes of at least 4 members (excludes halogenated alkanes) is 1. The zero-order valence-corrected chi connectivity index (χ0v) is 22.6. The maximum atomic E-state index is 12.4. The maximum absolute atomic E-state index is 12.4. The van der Waals surface area contributed by atoms with Crippen LogP contribution in [-0.2, 0) is 41.7 Å². The molecule has 1 aromatic rings. The minimum atomic E-state index is -0.926. The molecule has 3 amide bonds. The third-order valence-electron chi connectivity index (χ3n) is 5.48. The zero-order chi connectivity index (χ0) is 27.8. The van der Waals surface area contributed by atoms with E-state index in [1.165, 1.54) is 13.8 Å². The molecular formula is C27H42N4O6. The number of carbonyl (C=O) groups is 5. The predicted molar refractivity (Wildman–Crippen MR) is 140 cm³/mol. The van der Waals surface area contributed by atoms with E-state index in [1.807, 2.05) is 24.3 Å². The van der Waals surface area contributed by atoms with Crippen molar-refractivity contribution in [2.24, 2.45) is 0 Å². The van der Waals surface area contributed by atoms with Crippen LogP contribution in [0, 0.1) is 0 Å². The lowest BCUT2D eigenvalue weighted by Crippen LogP contribution is -2.51. The third-order valence-corrected chi connectivity index (χ3v) is 5.48. The SMILES string of the molecule is CC(=O)CCC(NC(=O)CNC(=O)[C@@H]1Cc2ccccc2CN1)C(=O)OC(C)C.CCCCNC(C)=O. The summed E-state index contributed by atoms with van der Waals surface area (Å²) in [6, 6.07) is 6.55. The number of hydrogen-bond donors (Lipinski definition) is 4. The lowest BCUT2D eigenvalue weighted by atomic mass is 9.95. The summed E-state index contributed by atoms with van der Waals surface area (Å²) >= 11 is 0. The molecule has 206 valence electrons. The van der Waals surface area contributed by atoms with E-state index < -0.39 is 24.0 Å². The number of ketones is 1. The molecule has 1 aliphatic rings. The molecule has 4 N–H and O–H groups in total. The van der Waals surface area contributed by atoms with Gasteiger partial charge >= 0.3 is 5.97 Å². The van der Waals surface area contributed by atoms with Gasteiger partial charge in [-0.15, -0.1) is 0 Å². The van der Waals surface area contributed by atoms with Gasteiger partial charge in [0.15, 0.2) is 0 Å². The number of Topliss-reactive ketones (excluding diaryl/α,β-unsaturated/α-hetero) is 1. The Bertz CT molecular complexity index is 918. The minimum absolute atomic E-state index is 0.0680. The molecule has 2 rings (SSSR count). The average molecular weight is 519 g/mol. The predicted octanol–water partition coefficient (Wildman–Crippen LogP) is 1.55. The molecule has 0 saturated heterocycles. The van der Waals surface area contributed by atoms with Gasteiger partial charge in [-0.1, -0.05) is 37.6 Å². The summed E-state index contributed by atoms with van der Waals surface area (Å²) in [5.41, 5.74) is 2.27. The summed E-state index contributed by atoms with van der Waals surface area (Å²) in [6.45, 7) is 9.62. The van der Waals surface area contributed by atoms with Gasteiger partial charge in [0.2, 0.25) is 17.7 Å². The summed E-state index contributed by atoms with van der Waals surface area (Å²) in [7, 11) is 0. The highest BCUT2D eigenvalue weighted by Crippen LogP contribution is 2.16. The largest absolute Gasteiger partial charge is 0.461 e. The molecule has 10 nitrogen and oxygen atoms in total. The molecule has 37 heavy (non-hydrogen) atoms. The molecule has 1 unspecified atom stereocenters. The Morgan fingerprint density at radius 2 is 1.73 bits per heavy atom. The highest BCUT2D eigenvalue weighted by atomic mass is 16.5. The molecule has 1 heterocycles. The highest BCUT2D eigenvalue weighted by Gasteiger charge is 2.26. The first-order chi connectivity index (χ1) is 17.5. The van der Waals surface area contributed by atoms with Crippen molar-refractivity contribution < 1.29 is 28.7 Å². The van der Waals surface area contributed by atoms with Crippen LogP contribution in [0.3, 0.4) is 0 Å². The van der Waals surface area contributed by atoms with Crippen LogP contribution in [-0.4, -0.2) is 60.8 Å². The first-order valence-corrected chi connectivity index (χ1v) is 12.8. The first kappa shape index (κ1) is 31.8. The van der Waals surface area contributed by atoms with Crippen LogP contribution < -0.4 is 21.3 Å². The van der Waals surface area contributed by atoms with Gasteiger partial charge < -0.3 is 30.8 Å². The highest BCUT2D eigenvalue weighted by molar-refractivity contribution is 5.90. The Balaban J connectivity index is 0.000000738. The smallest absolute Gasteiger partial charge is 0.328 e.